The molecule has 1 heterocycles. The molecule has 5 nitrogen and oxygen atoms in total. The number of nitrogens with one attached hydrogen (secondary N) is 1. The first-order valence-corrected chi connectivity index (χ1v) is 5.74. The van der Waals surface area contributed by atoms with Crippen molar-refractivity contribution in [3.8, 4) is 12.3 Å². The van der Waals surface area contributed by atoms with E-state index in [1.54, 1.807) is 0 Å². The lowest BCUT2D eigenvalue weighted by molar-refractivity contribution is -0.151. The van der Waals surface area contributed by atoms with Gasteiger partial charge in [0.15, 0.2) is 6.10 Å². The van der Waals surface area contributed by atoms with E-state index >= 15 is 0 Å². The van der Waals surface area contributed by atoms with Crippen LogP contribution in [0.2, 0.25) is 0 Å². The summed E-state index contributed by atoms with van der Waals surface area (Å²) in [5.74, 6) is 1.29. The number of carboxylic acids is 1. The van der Waals surface area contributed by atoms with Crippen molar-refractivity contribution in [3.63, 3.8) is 0 Å². The highest BCUT2D eigenvalue weighted by Crippen LogP contribution is 2.19. The minimum absolute atomic E-state index is 0.227. The van der Waals surface area contributed by atoms with Crippen molar-refractivity contribution in [2.75, 3.05) is 6.54 Å². The molecule has 1 fully saturated rings. The van der Waals surface area contributed by atoms with Gasteiger partial charge in [-0.1, -0.05) is 0 Å². The number of carbonyl (C=O) groups excluding carboxylic acids is 1. The van der Waals surface area contributed by atoms with Gasteiger partial charge in [-0.05, 0) is 25.7 Å². The zero-order chi connectivity index (χ0) is 12.7. The third-order valence-electron chi connectivity index (χ3n) is 2.63. The quantitative estimate of drug-likeness (QED) is 0.524. The first-order chi connectivity index (χ1) is 8.15. The van der Waals surface area contributed by atoms with Crippen molar-refractivity contribution in [1.29, 1.82) is 0 Å². The summed E-state index contributed by atoms with van der Waals surface area (Å²) >= 11 is 0. The van der Waals surface area contributed by atoms with Crippen LogP contribution in [0.25, 0.3) is 0 Å². The lowest BCUT2D eigenvalue weighted by Crippen LogP contribution is -2.36. The summed E-state index contributed by atoms with van der Waals surface area (Å²) in [5.41, 5.74) is 0. The van der Waals surface area contributed by atoms with Crippen LogP contribution < -0.4 is 5.32 Å². The van der Waals surface area contributed by atoms with Gasteiger partial charge in [-0.3, -0.25) is 4.79 Å². The van der Waals surface area contributed by atoms with Crippen molar-refractivity contribution < 1.29 is 19.4 Å². The van der Waals surface area contributed by atoms with E-state index in [1.165, 1.54) is 0 Å². The first kappa shape index (κ1) is 13.5. The molecule has 0 saturated carbocycles. The summed E-state index contributed by atoms with van der Waals surface area (Å²) in [7, 11) is 0. The minimum atomic E-state index is -1.01. The fourth-order valence-corrected chi connectivity index (χ4v) is 1.69. The van der Waals surface area contributed by atoms with Gasteiger partial charge in [0.25, 0.3) is 0 Å². The van der Waals surface area contributed by atoms with Crippen LogP contribution in [-0.2, 0) is 14.3 Å². The van der Waals surface area contributed by atoms with E-state index in [2.05, 4.69) is 11.2 Å². The van der Waals surface area contributed by atoms with E-state index in [4.69, 9.17) is 16.3 Å². The monoisotopic (exact) mass is 239 g/mol. The molecule has 1 amide bonds. The molecule has 2 atom stereocenters. The van der Waals surface area contributed by atoms with E-state index in [0.717, 1.165) is 12.8 Å². The van der Waals surface area contributed by atoms with Crippen LogP contribution in [0.1, 0.15) is 32.1 Å². The molecule has 0 aromatic heterocycles. The number of hydrogen-bond donors (Lipinski definition) is 2. The van der Waals surface area contributed by atoms with Crippen molar-refractivity contribution in [3.05, 3.63) is 0 Å². The van der Waals surface area contributed by atoms with E-state index in [9.17, 15) is 9.59 Å². The molecule has 0 aromatic carbocycles. The Bertz CT molecular complexity index is 321. The van der Waals surface area contributed by atoms with Crippen LogP contribution in [0.5, 0.6) is 0 Å². The van der Waals surface area contributed by atoms with E-state index in [0.29, 0.717) is 25.8 Å². The van der Waals surface area contributed by atoms with Crippen LogP contribution >= 0.6 is 0 Å². The van der Waals surface area contributed by atoms with Gasteiger partial charge in [0, 0.05) is 13.0 Å². The minimum Gasteiger partial charge on any atom is -0.479 e. The maximum Gasteiger partial charge on any atom is 0.332 e. The van der Waals surface area contributed by atoms with Crippen LogP contribution in [0.15, 0.2) is 0 Å². The predicted octanol–water partition coefficient (Wildman–Crippen LogP) is 0.538. The molecule has 0 aromatic rings. The van der Waals surface area contributed by atoms with Gasteiger partial charge in [-0.25, -0.2) is 4.79 Å². The number of hydrogen-bond acceptors (Lipinski definition) is 3. The zero-order valence-electron chi connectivity index (χ0n) is 9.65. The Morgan fingerprint density at radius 2 is 2.06 bits per heavy atom. The molecule has 1 aliphatic rings. The Morgan fingerprint density at radius 3 is 2.65 bits per heavy atom. The number of rotatable bonds is 6. The maximum absolute atomic E-state index is 11.6. The standard InChI is InChI=1S/C12H17NO4/c1-2-3-4-5-8-13-11(14)9-6-7-10(17-9)12(15)16/h1,9-10H,3-8H2,(H,13,14)(H,15,16). The second-order valence-corrected chi connectivity index (χ2v) is 3.98. The fraction of sp³-hybridized carbons (Fsp3) is 0.667. The van der Waals surface area contributed by atoms with Gasteiger partial charge < -0.3 is 15.2 Å². The molecule has 0 bridgehead atoms. The molecule has 0 aliphatic carbocycles. The second kappa shape index (κ2) is 6.92. The van der Waals surface area contributed by atoms with Gasteiger partial charge in [0.2, 0.25) is 5.91 Å². The lowest BCUT2D eigenvalue weighted by Gasteiger charge is -2.11. The number of terminal acetylenes is 1. The first-order valence-electron chi connectivity index (χ1n) is 5.74. The smallest absolute Gasteiger partial charge is 0.332 e. The van der Waals surface area contributed by atoms with Gasteiger partial charge in [-0.2, -0.15) is 0 Å². The van der Waals surface area contributed by atoms with Crippen LogP contribution in [0.4, 0.5) is 0 Å². The van der Waals surface area contributed by atoms with Gasteiger partial charge >= 0.3 is 5.97 Å². The number of aliphatic carboxylic acids is 1. The second-order valence-electron chi connectivity index (χ2n) is 3.98. The topological polar surface area (TPSA) is 75.6 Å². The highest BCUT2D eigenvalue weighted by Gasteiger charge is 2.34. The highest BCUT2D eigenvalue weighted by atomic mass is 16.5. The van der Waals surface area contributed by atoms with Gasteiger partial charge in [0.1, 0.15) is 6.10 Å². The van der Waals surface area contributed by atoms with Crippen molar-refractivity contribution in [1.82, 2.24) is 5.32 Å². The molecule has 5 heteroatoms. The van der Waals surface area contributed by atoms with E-state index in [-0.39, 0.29) is 5.91 Å². The normalized spacial score (nSPS) is 23.0. The number of ether oxygens (including phenoxy) is 1. The summed E-state index contributed by atoms with van der Waals surface area (Å²) in [6.07, 6.45) is 6.90. The zero-order valence-corrected chi connectivity index (χ0v) is 9.65. The SMILES string of the molecule is C#CCCCCNC(=O)C1CCC(C(=O)O)O1. The summed E-state index contributed by atoms with van der Waals surface area (Å²) in [4.78, 5) is 22.2. The number of carboxylic acid groups (broad SMARTS) is 1. The average molecular weight is 239 g/mol. The summed E-state index contributed by atoms with van der Waals surface area (Å²) < 4.78 is 5.12. The van der Waals surface area contributed by atoms with Gasteiger partial charge in [0.05, 0.1) is 0 Å². The summed E-state index contributed by atoms with van der Waals surface area (Å²) in [6.45, 7) is 0.554. The third-order valence-corrected chi connectivity index (χ3v) is 2.63. The Kier molecular flexibility index (Phi) is 5.50. The molecule has 1 saturated heterocycles. The molecule has 0 spiro atoms. The van der Waals surface area contributed by atoms with Crippen LogP contribution in [0, 0.1) is 12.3 Å². The van der Waals surface area contributed by atoms with E-state index < -0.39 is 18.2 Å². The Morgan fingerprint density at radius 1 is 1.35 bits per heavy atom. The number of carbonyl (C=O) groups is 2. The van der Waals surface area contributed by atoms with Gasteiger partial charge in [-0.15, -0.1) is 12.3 Å². The van der Waals surface area contributed by atoms with Crippen molar-refractivity contribution >= 4 is 11.9 Å². The van der Waals surface area contributed by atoms with E-state index in [1.807, 2.05) is 0 Å². The number of amides is 1. The third kappa shape index (κ3) is 4.45. The lowest BCUT2D eigenvalue weighted by atomic mass is 10.2. The van der Waals surface area contributed by atoms with Crippen molar-refractivity contribution in [2.45, 2.75) is 44.3 Å². The molecule has 1 rings (SSSR count). The predicted molar refractivity (Wildman–Crippen MR) is 61.2 cm³/mol. The Balaban J connectivity index is 2.17. The van der Waals surface area contributed by atoms with Crippen LogP contribution in [0.3, 0.4) is 0 Å². The Hall–Kier alpha value is -1.54. The molecule has 17 heavy (non-hydrogen) atoms. The van der Waals surface area contributed by atoms with Crippen molar-refractivity contribution in [2.24, 2.45) is 0 Å². The summed E-state index contributed by atoms with van der Waals surface area (Å²) in [5, 5.41) is 11.4. The highest BCUT2D eigenvalue weighted by molar-refractivity contribution is 5.82. The molecular weight excluding hydrogens is 222 g/mol. The number of unbranched alkanes of at least 4 members (excludes halogenated alkanes) is 2. The average Bonchev–Trinajstić information content (AvgIpc) is 2.78. The molecule has 2 unspecified atom stereocenters. The Labute approximate surface area is 101 Å². The summed E-state index contributed by atoms with van der Waals surface area (Å²) in [6, 6.07) is 0. The molecule has 94 valence electrons. The largest absolute Gasteiger partial charge is 0.479 e. The van der Waals surface area contributed by atoms with Crippen LogP contribution in [-0.4, -0.2) is 35.7 Å². The maximum atomic E-state index is 11.6. The molecular formula is C12H17NO4. The molecule has 2 N–H and O–H groups in total. The fourth-order valence-electron chi connectivity index (χ4n) is 1.69. The molecule has 0 radical (unpaired) electrons. The molecule has 1 aliphatic heterocycles.